The maximum atomic E-state index is 14.3. The molecule has 0 saturated carbocycles. The molecule has 134 valence electrons. The zero-order valence-electron chi connectivity index (χ0n) is 15.3. The molecule has 26 heavy (non-hydrogen) atoms. The lowest BCUT2D eigenvalue weighted by Gasteiger charge is -2.40. The molecular formula is C21H22FN3O. The summed E-state index contributed by atoms with van der Waals surface area (Å²) in [6, 6.07) is 9.13. The monoisotopic (exact) mass is 351 g/mol. The van der Waals surface area contributed by atoms with Crippen molar-refractivity contribution >= 4 is 11.6 Å². The van der Waals surface area contributed by atoms with Crippen molar-refractivity contribution in [1.82, 2.24) is 14.3 Å². The first kappa shape index (κ1) is 16.8. The van der Waals surface area contributed by atoms with E-state index in [2.05, 4.69) is 18.8 Å². The van der Waals surface area contributed by atoms with Crippen LogP contribution in [0.1, 0.15) is 36.2 Å². The van der Waals surface area contributed by atoms with Gasteiger partial charge in [-0.1, -0.05) is 32.0 Å². The summed E-state index contributed by atoms with van der Waals surface area (Å²) in [6.07, 6.45) is 3.93. The van der Waals surface area contributed by atoms with Gasteiger partial charge in [-0.3, -0.25) is 4.79 Å². The molecular weight excluding hydrogens is 329 g/mol. The third kappa shape index (κ3) is 2.68. The minimum Gasteiger partial charge on any atom is -0.337 e. The van der Waals surface area contributed by atoms with Gasteiger partial charge in [0.05, 0.1) is 12.1 Å². The van der Waals surface area contributed by atoms with Gasteiger partial charge in [-0.2, -0.15) is 0 Å². The van der Waals surface area contributed by atoms with E-state index in [1.165, 1.54) is 6.07 Å². The number of benzene rings is 1. The Bertz CT molecular complexity index is 1010. The average molecular weight is 351 g/mol. The Hall–Kier alpha value is -2.69. The first-order valence-corrected chi connectivity index (χ1v) is 8.84. The van der Waals surface area contributed by atoms with Crippen LogP contribution < -0.4 is 0 Å². The minimum atomic E-state index is -0.276. The van der Waals surface area contributed by atoms with E-state index in [1.807, 2.05) is 35.7 Å². The standard InChI is InChI=1S/C21H22FN3O/c1-14-6-5-9-25-15(11-23-20(14)25)10-19(26)24-12-16-17(21(2,3)13-24)7-4-8-18(16)22/h4-9,11H,10,12-13H2,1-3H3. The van der Waals surface area contributed by atoms with E-state index in [4.69, 9.17) is 0 Å². The number of aryl methyl sites for hydroxylation is 1. The van der Waals surface area contributed by atoms with Crippen molar-refractivity contribution in [2.24, 2.45) is 0 Å². The predicted molar refractivity (Wildman–Crippen MR) is 98.5 cm³/mol. The van der Waals surface area contributed by atoms with Crippen LogP contribution >= 0.6 is 0 Å². The van der Waals surface area contributed by atoms with E-state index >= 15 is 0 Å². The van der Waals surface area contributed by atoms with Crippen molar-refractivity contribution in [1.29, 1.82) is 0 Å². The van der Waals surface area contributed by atoms with E-state index in [-0.39, 0.29) is 23.6 Å². The van der Waals surface area contributed by atoms with Gasteiger partial charge in [-0.05, 0) is 30.2 Å². The number of carbonyl (C=O) groups is 1. The van der Waals surface area contributed by atoms with E-state index in [0.717, 1.165) is 22.5 Å². The number of pyridine rings is 1. The summed E-state index contributed by atoms with van der Waals surface area (Å²) < 4.78 is 16.3. The number of fused-ring (bicyclic) bond motifs is 2. The maximum Gasteiger partial charge on any atom is 0.228 e. The van der Waals surface area contributed by atoms with Crippen LogP contribution in [0.5, 0.6) is 0 Å². The van der Waals surface area contributed by atoms with E-state index in [9.17, 15) is 9.18 Å². The van der Waals surface area contributed by atoms with Gasteiger partial charge in [0.15, 0.2) is 0 Å². The van der Waals surface area contributed by atoms with Crippen LogP contribution in [0.2, 0.25) is 0 Å². The van der Waals surface area contributed by atoms with Crippen molar-refractivity contribution in [3.05, 3.63) is 70.9 Å². The van der Waals surface area contributed by atoms with Gasteiger partial charge >= 0.3 is 0 Å². The Morgan fingerprint density at radius 2 is 2.08 bits per heavy atom. The van der Waals surface area contributed by atoms with Gasteiger partial charge in [-0.15, -0.1) is 0 Å². The summed E-state index contributed by atoms with van der Waals surface area (Å²) in [4.78, 5) is 19.2. The van der Waals surface area contributed by atoms with Crippen LogP contribution in [0.15, 0.2) is 42.7 Å². The van der Waals surface area contributed by atoms with Gasteiger partial charge in [0.2, 0.25) is 5.91 Å². The Balaban J connectivity index is 1.63. The highest BCUT2D eigenvalue weighted by molar-refractivity contribution is 5.79. The van der Waals surface area contributed by atoms with Crippen LogP contribution in [0, 0.1) is 12.7 Å². The summed E-state index contributed by atoms with van der Waals surface area (Å²) in [5.74, 6) is -0.242. The van der Waals surface area contributed by atoms with Gasteiger partial charge < -0.3 is 9.30 Å². The Morgan fingerprint density at radius 1 is 1.27 bits per heavy atom. The maximum absolute atomic E-state index is 14.3. The van der Waals surface area contributed by atoms with Crippen molar-refractivity contribution in [3.8, 4) is 0 Å². The van der Waals surface area contributed by atoms with Crippen LogP contribution in [0.4, 0.5) is 4.39 Å². The second-order valence-corrected chi connectivity index (χ2v) is 7.71. The van der Waals surface area contributed by atoms with Crippen LogP contribution in [-0.4, -0.2) is 26.7 Å². The number of halogens is 1. The number of rotatable bonds is 2. The molecule has 0 N–H and O–H groups in total. The fourth-order valence-electron chi connectivity index (χ4n) is 3.94. The number of hydrogen-bond donors (Lipinski definition) is 0. The molecule has 2 aromatic heterocycles. The molecule has 0 unspecified atom stereocenters. The zero-order valence-corrected chi connectivity index (χ0v) is 15.3. The lowest BCUT2D eigenvalue weighted by molar-refractivity contribution is -0.132. The number of nitrogens with zero attached hydrogens (tertiary/aromatic N) is 3. The van der Waals surface area contributed by atoms with Gasteiger partial charge in [0.1, 0.15) is 11.5 Å². The quantitative estimate of drug-likeness (QED) is 0.707. The number of aromatic nitrogens is 2. The van der Waals surface area contributed by atoms with Crippen molar-refractivity contribution in [2.45, 2.75) is 39.2 Å². The van der Waals surface area contributed by atoms with E-state index in [0.29, 0.717) is 18.7 Å². The van der Waals surface area contributed by atoms with Gasteiger partial charge in [0.25, 0.3) is 0 Å². The highest BCUT2D eigenvalue weighted by atomic mass is 19.1. The Labute approximate surface area is 152 Å². The first-order valence-electron chi connectivity index (χ1n) is 8.84. The Morgan fingerprint density at radius 3 is 2.88 bits per heavy atom. The molecule has 1 aliphatic rings. The summed E-state index contributed by atoms with van der Waals surface area (Å²) in [5.41, 5.74) is 4.14. The second-order valence-electron chi connectivity index (χ2n) is 7.71. The predicted octanol–water partition coefficient (Wildman–Crippen LogP) is 3.64. The molecule has 0 radical (unpaired) electrons. The largest absolute Gasteiger partial charge is 0.337 e. The summed E-state index contributed by atoms with van der Waals surface area (Å²) in [6.45, 7) is 7.02. The summed E-state index contributed by atoms with van der Waals surface area (Å²) in [7, 11) is 0. The van der Waals surface area contributed by atoms with E-state index in [1.54, 1.807) is 17.2 Å². The number of carbonyl (C=O) groups excluding carboxylic acids is 1. The lowest BCUT2D eigenvalue weighted by Crippen LogP contribution is -2.46. The van der Waals surface area contributed by atoms with Crippen LogP contribution in [-0.2, 0) is 23.2 Å². The third-order valence-electron chi connectivity index (χ3n) is 5.28. The minimum absolute atomic E-state index is 0.00437. The highest BCUT2D eigenvalue weighted by Gasteiger charge is 2.35. The molecule has 5 heteroatoms. The smallest absolute Gasteiger partial charge is 0.228 e. The fourth-order valence-corrected chi connectivity index (χ4v) is 3.94. The van der Waals surface area contributed by atoms with Crippen LogP contribution in [0.25, 0.3) is 5.65 Å². The highest BCUT2D eigenvalue weighted by Crippen LogP contribution is 2.34. The summed E-state index contributed by atoms with van der Waals surface area (Å²) >= 11 is 0. The van der Waals surface area contributed by atoms with Crippen LogP contribution in [0.3, 0.4) is 0 Å². The molecule has 1 amide bonds. The molecule has 0 aliphatic carbocycles. The zero-order chi connectivity index (χ0) is 18.5. The van der Waals surface area contributed by atoms with Crippen molar-refractivity contribution < 1.29 is 9.18 Å². The molecule has 4 rings (SSSR count). The van der Waals surface area contributed by atoms with Crippen molar-refractivity contribution in [2.75, 3.05) is 6.54 Å². The topological polar surface area (TPSA) is 37.6 Å². The molecule has 0 bridgehead atoms. The lowest BCUT2D eigenvalue weighted by atomic mass is 9.78. The van der Waals surface area contributed by atoms with Gasteiger partial charge in [0, 0.05) is 36.5 Å². The SMILES string of the molecule is Cc1cccn2c(CC(=O)N3Cc4c(F)cccc4C(C)(C)C3)cnc12. The number of amides is 1. The summed E-state index contributed by atoms with van der Waals surface area (Å²) in [5, 5.41) is 0. The molecule has 3 aromatic rings. The number of imidazole rings is 1. The molecule has 0 saturated heterocycles. The molecule has 0 atom stereocenters. The molecule has 1 aromatic carbocycles. The molecule has 3 heterocycles. The average Bonchev–Trinajstić information content (AvgIpc) is 2.99. The number of hydrogen-bond acceptors (Lipinski definition) is 2. The van der Waals surface area contributed by atoms with Gasteiger partial charge in [-0.25, -0.2) is 9.37 Å². The molecule has 0 fully saturated rings. The fraction of sp³-hybridized carbons (Fsp3) is 0.333. The second kappa shape index (κ2) is 5.94. The van der Waals surface area contributed by atoms with Crippen molar-refractivity contribution in [3.63, 3.8) is 0 Å². The normalized spacial score (nSPS) is 15.9. The molecule has 1 aliphatic heterocycles. The third-order valence-corrected chi connectivity index (χ3v) is 5.28. The first-order chi connectivity index (χ1) is 12.4. The molecule has 4 nitrogen and oxygen atoms in total. The Kier molecular flexibility index (Phi) is 3.83. The van der Waals surface area contributed by atoms with E-state index < -0.39 is 0 Å². The molecule has 0 spiro atoms.